The summed E-state index contributed by atoms with van der Waals surface area (Å²) in [6, 6.07) is 0. The molecule has 2 rings (SSSR count). The van der Waals surface area contributed by atoms with Crippen molar-refractivity contribution in [2.45, 2.75) is 37.1 Å². The molecule has 3 nitrogen and oxygen atoms in total. The van der Waals surface area contributed by atoms with E-state index in [1.165, 1.54) is 4.31 Å². The molecule has 0 bridgehead atoms. The topological polar surface area (TPSA) is 37.4 Å². The number of piperidine rings is 1. The van der Waals surface area contributed by atoms with Gasteiger partial charge in [-0.15, -0.1) is 0 Å². The summed E-state index contributed by atoms with van der Waals surface area (Å²) >= 11 is 0. The van der Waals surface area contributed by atoms with Gasteiger partial charge in [0.1, 0.15) is 6.17 Å². The Kier molecular flexibility index (Phi) is 2.32. The molecule has 1 saturated carbocycles. The van der Waals surface area contributed by atoms with Crippen LogP contribution in [0.4, 0.5) is 4.39 Å². The van der Waals surface area contributed by atoms with Crippen molar-refractivity contribution in [3.63, 3.8) is 0 Å². The fourth-order valence-corrected chi connectivity index (χ4v) is 3.61. The van der Waals surface area contributed by atoms with Crippen molar-refractivity contribution in [1.29, 1.82) is 0 Å². The Balaban J connectivity index is 2.06. The Hall–Kier alpha value is -0.160. The van der Waals surface area contributed by atoms with E-state index in [0.29, 0.717) is 19.4 Å². The van der Waals surface area contributed by atoms with E-state index in [4.69, 9.17) is 0 Å². The Bertz CT molecular complexity index is 287. The highest BCUT2D eigenvalue weighted by Crippen LogP contribution is 2.32. The lowest BCUT2D eigenvalue weighted by molar-refractivity contribution is 0.203. The zero-order chi connectivity index (χ0) is 9.47. The Morgan fingerprint density at radius 3 is 2.46 bits per heavy atom. The highest BCUT2D eigenvalue weighted by Gasteiger charge is 2.41. The van der Waals surface area contributed by atoms with E-state index in [1.807, 2.05) is 0 Å². The standard InChI is InChI=1S/C8H14FNO2S/c9-7-2-1-5-10(6-7)13(11,12)8-3-4-8/h7-8H,1-6H2. The summed E-state index contributed by atoms with van der Waals surface area (Å²) in [7, 11) is -3.13. The minimum absolute atomic E-state index is 0.0822. The lowest BCUT2D eigenvalue weighted by Crippen LogP contribution is -2.42. The van der Waals surface area contributed by atoms with Crippen LogP contribution in [0, 0.1) is 0 Å². The first-order valence-corrected chi connectivity index (χ1v) is 6.24. The molecule has 1 atom stereocenters. The van der Waals surface area contributed by atoms with Gasteiger partial charge in [0.15, 0.2) is 0 Å². The van der Waals surface area contributed by atoms with E-state index in [-0.39, 0.29) is 11.8 Å². The summed E-state index contributed by atoms with van der Waals surface area (Å²) in [6.45, 7) is 0.595. The molecule has 1 aliphatic carbocycles. The lowest BCUT2D eigenvalue weighted by atomic mass is 10.1. The predicted molar refractivity (Wildman–Crippen MR) is 47.6 cm³/mol. The number of hydrogen-bond acceptors (Lipinski definition) is 2. The lowest BCUT2D eigenvalue weighted by Gasteiger charge is -2.28. The number of sulfonamides is 1. The third-order valence-electron chi connectivity index (χ3n) is 2.63. The van der Waals surface area contributed by atoms with Crippen LogP contribution >= 0.6 is 0 Å². The number of rotatable bonds is 2. The van der Waals surface area contributed by atoms with Gasteiger partial charge in [0, 0.05) is 13.1 Å². The molecule has 2 fully saturated rings. The molecule has 0 aromatic carbocycles. The van der Waals surface area contributed by atoms with Crippen LogP contribution < -0.4 is 0 Å². The summed E-state index contributed by atoms with van der Waals surface area (Å²) < 4.78 is 37.6. The second kappa shape index (κ2) is 3.20. The van der Waals surface area contributed by atoms with Crippen LogP contribution in [-0.4, -0.2) is 37.2 Å². The number of hydrogen-bond donors (Lipinski definition) is 0. The maximum Gasteiger partial charge on any atom is 0.217 e. The molecule has 0 radical (unpaired) electrons. The molecule has 0 spiro atoms. The molecule has 1 unspecified atom stereocenters. The number of alkyl halides is 1. The Morgan fingerprint density at radius 1 is 1.23 bits per heavy atom. The molecule has 0 aromatic heterocycles. The molecule has 0 aromatic rings. The third-order valence-corrected chi connectivity index (χ3v) is 5.00. The molecule has 5 heteroatoms. The zero-order valence-corrected chi connectivity index (χ0v) is 8.26. The highest BCUT2D eigenvalue weighted by atomic mass is 32.2. The zero-order valence-electron chi connectivity index (χ0n) is 7.45. The van der Waals surface area contributed by atoms with Gasteiger partial charge in [-0.3, -0.25) is 0 Å². The molecule has 1 heterocycles. The van der Waals surface area contributed by atoms with Crippen molar-refractivity contribution in [3.8, 4) is 0 Å². The average molecular weight is 207 g/mol. The van der Waals surface area contributed by atoms with E-state index >= 15 is 0 Å². The third kappa shape index (κ3) is 1.86. The second-order valence-corrected chi connectivity index (χ2v) is 6.05. The molecular weight excluding hydrogens is 193 g/mol. The molecule has 1 saturated heterocycles. The summed E-state index contributed by atoms with van der Waals surface area (Å²) in [4.78, 5) is 0. The first-order chi connectivity index (χ1) is 6.10. The second-order valence-electron chi connectivity index (χ2n) is 3.84. The molecule has 13 heavy (non-hydrogen) atoms. The van der Waals surface area contributed by atoms with E-state index in [9.17, 15) is 12.8 Å². The smallest absolute Gasteiger partial charge is 0.217 e. The first-order valence-electron chi connectivity index (χ1n) is 4.74. The fraction of sp³-hybridized carbons (Fsp3) is 1.00. The summed E-state index contributed by atoms with van der Waals surface area (Å²) in [6.07, 6.45) is 1.73. The highest BCUT2D eigenvalue weighted by molar-refractivity contribution is 7.90. The van der Waals surface area contributed by atoms with Crippen molar-refractivity contribution >= 4 is 10.0 Å². The van der Waals surface area contributed by atoms with Gasteiger partial charge >= 0.3 is 0 Å². The fourth-order valence-electron chi connectivity index (χ4n) is 1.70. The number of nitrogens with zero attached hydrogens (tertiary/aromatic N) is 1. The Morgan fingerprint density at radius 2 is 1.92 bits per heavy atom. The minimum atomic E-state index is -3.13. The number of halogens is 1. The van der Waals surface area contributed by atoms with Crippen molar-refractivity contribution < 1.29 is 12.8 Å². The van der Waals surface area contributed by atoms with Crippen molar-refractivity contribution in [2.75, 3.05) is 13.1 Å². The monoisotopic (exact) mass is 207 g/mol. The van der Waals surface area contributed by atoms with Gasteiger partial charge in [-0.1, -0.05) is 0 Å². The normalized spacial score (nSPS) is 31.9. The van der Waals surface area contributed by atoms with Crippen molar-refractivity contribution in [1.82, 2.24) is 4.31 Å². The summed E-state index contributed by atoms with van der Waals surface area (Å²) in [5.74, 6) is 0. The van der Waals surface area contributed by atoms with Crippen molar-refractivity contribution in [3.05, 3.63) is 0 Å². The van der Waals surface area contributed by atoms with Crippen LogP contribution in [0.2, 0.25) is 0 Å². The van der Waals surface area contributed by atoms with Crippen LogP contribution in [0.1, 0.15) is 25.7 Å². The van der Waals surface area contributed by atoms with Gasteiger partial charge in [0.25, 0.3) is 0 Å². The molecule has 0 amide bonds. The maximum atomic E-state index is 12.9. The predicted octanol–water partition coefficient (Wildman–Crippen LogP) is 0.912. The van der Waals surface area contributed by atoms with Gasteiger partial charge in [-0.05, 0) is 25.7 Å². The van der Waals surface area contributed by atoms with Gasteiger partial charge in [-0.2, -0.15) is 4.31 Å². The van der Waals surface area contributed by atoms with Crippen LogP contribution in [0.5, 0.6) is 0 Å². The van der Waals surface area contributed by atoms with Crippen LogP contribution in [0.3, 0.4) is 0 Å². The van der Waals surface area contributed by atoms with Gasteiger partial charge in [-0.25, -0.2) is 12.8 Å². The van der Waals surface area contributed by atoms with E-state index in [0.717, 1.165) is 12.8 Å². The quantitative estimate of drug-likeness (QED) is 0.675. The van der Waals surface area contributed by atoms with Crippen LogP contribution in [0.25, 0.3) is 0 Å². The first kappa shape index (κ1) is 9.40. The van der Waals surface area contributed by atoms with Gasteiger partial charge in [0.2, 0.25) is 10.0 Å². The summed E-state index contributed by atoms with van der Waals surface area (Å²) in [5.41, 5.74) is 0. The maximum absolute atomic E-state index is 12.9. The van der Waals surface area contributed by atoms with Crippen LogP contribution in [0.15, 0.2) is 0 Å². The van der Waals surface area contributed by atoms with E-state index < -0.39 is 16.2 Å². The van der Waals surface area contributed by atoms with Crippen molar-refractivity contribution in [2.24, 2.45) is 0 Å². The largest absolute Gasteiger partial charge is 0.246 e. The van der Waals surface area contributed by atoms with E-state index in [2.05, 4.69) is 0 Å². The SMILES string of the molecule is O=S(=O)(C1CC1)N1CCCC(F)C1. The average Bonchev–Trinajstić information content (AvgIpc) is 2.86. The molecule has 2 aliphatic rings. The molecule has 76 valence electrons. The molecule has 0 N–H and O–H groups in total. The molecular formula is C8H14FNO2S. The van der Waals surface area contributed by atoms with Crippen LogP contribution in [-0.2, 0) is 10.0 Å². The summed E-state index contributed by atoms with van der Waals surface area (Å²) in [5, 5.41) is -0.196. The van der Waals surface area contributed by atoms with Gasteiger partial charge < -0.3 is 0 Å². The molecule has 1 aliphatic heterocycles. The Labute approximate surface area is 78.0 Å². The van der Waals surface area contributed by atoms with Gasteiger partial charge in [0.05, 0.1) is 5.25 Å². The minimum Gasteiger partial charge on any atom is -0.246 e. The van der Waals surface area contributed by atoms with E-state index in [1.54, 1.807) is 0 Å².